The molecular weight excluding hydrogens is 220 g/mol. The van der Waals surface area contributed by atoms with Gasteiger partial charge in [0.25, 0.3) is 5.91 Å². The molecule has 1 aromatic carbocycles. The van der Waals surface area contributed by atoms with Crippen LogP contribution in [0.5, 0.6) is 0 Å². The summed E-state index contributed by atoms with van der Waals surface area (Å²) in [6, 6.07) is 4.54. The number of fused-ring (bicyclic) bond motifs is 1. The Balaban J connectivity index is 2.23. The lowest BCUT2D eigenvalue weighted by atomic mass is 10.1. The SMILES string of the molecule is CN(C)NC(=O)C(N)c1ccc2ncoc2c1. The number of carbonyl (C=O) groups is 1. The van der Waals surface area contributed by atoms with Gasteiger partial charge in [-0.05, 0) is 17.7 Å². The van der Waals surface area contributed by atoms with Crippen LogP contribution in [0, 0.1) is 0 Å². The van der Waals surface area contributed by atoms with Crippen LogP contribution in [0.1, 0.15) is 11.6 Å². The van der Waals surface area contributed by atoms with Gasteiger partial charge >= 0.3 is 0 Å². The fourth-order valence-corrected chi connectivity index (χ4v) is 1.51. The highest BCUT2D eigenvalue weighted by Gasteiger charge is 2.17. The fourth-order valence-electron chi connectivity index (χ4n) is 1.51. The predicted molar refractivity (Wildman–Crippen MR) is 62.8 cm³/mol. The van der Waals surface area contributed by atoms with Gasteiger partial charge in [0, 0.05) is 14.1 Å². The molecule has 0 saturated carbocycles. The molecule has 6 nitrogen and oxygen atoms in total. The minimum Gasteiger partial charge on any atom is -0.443 e. The minimum absolute atomic E-state index is 0.270. The molecule has 6 heteroatoms. The summed E-state index contributed by atoms with van der Waals surface area (Å²) in [4.78, 5) is 15.7. The molecule has 0 fully saturated rings. The summed E-state index contributed by atoms with van der Waals surface area (Å²) in [7, 11) is 3.45. The van der Waals surface area contributed by atoms with Gasteiger partial charge in [-0.2, -0.15) is 0 Å². The molecule has 2 aromatic rings. The Labute approximate surface area is 98.4 Å². The molecule has 0 saturated heterocycles. The summed E-state index contributed by atoms with van der Waals surface area (Å²) in [5, 5.41) is 1.55. The highest BCUT2D eigenvalue weighted by Crippen LogP contribution is 2.18. The van der Waals surface area contributed by atoms with Crippen molar-refractivity contribution in [2.45, 2.75) is 6.04 Å². The van der Waals surface area contributed by atoms with Gasteiger partial charge in [-0.1, -0.05) is 6.07 Å². The summed E-state index contributed by atoms with van der Waals surface area (Å²) in [5.74, 6) is -0.270. The second-order valence-corrected chi connectivity index (χ2v) is 3.93. The fraction of sp³-hybridized carbons (Fsp3) is 0.273. The molecule has 1 unspecified atom stereocenters. The van der Waals surface area contributed by atoms with Crippen molar-refractivity contribution in [1.29, 1.82) is 0 Å². The van der Waals surface area contributed by atoms with Gasteiger partial charge in [0.05, 0.1) is 0 Å². The van der Waals surface area contributed by atoms with Crippen LogP contribution < -0.4 is 11.2 Å². The smallest absolute Gasteiger partial charge is 0.255 e. The van der Waals surface area contributed by atoms with E-state index in [1.807, 2.05) is 0 Å². The van der Waals surface area contributed by atoms with Crippen LogP contribution in [-0.4, -0.2) is 30.0 Å². The van der Waals surface area contributed by atoms with Gasteiger partial charge in [-0.15, -0.1) is 0 Å². The topological polar surface area (TPSA) is 84.4 Å². The second-order valence-electron chi connectivity index (χ2n) is 3.93. The molecule has 1 amide bonds. The Bertz CT molecular complexity index is 535. The van der Waals surface area contributed by atoms with Gasteiger partial charge in [0.15, 0.2) is 12.0 Å². The van der Waals surface area contributed by atoms with Crippen molar-refractivity contribution in [3.63, 3.8) is 0 Å². The number of nitrogens with zero attached hydrogens (tertiary/aromatic N) is 2. The number of amides is 1. The summed E-state index contributed by atoms with van der Waals surface area (Å²) < 4.78 is 5.16. The molecule has 0 spiro atoms. The number of carbonyl (C=O) groups excluding carboxylic acids is 1. The molecule has 2 rings (SSSR count). The Kier molecular flexibility index (Phi) is 3.08. The molecule has 0 bridgehead atoms. The molecule has 0 aliphatic carbocycles. The molecule has 3 N–H and O–H groups in total. The number of aromatic nitrogens is 1. The van der Waals surface area contributed by atoms with E-state index in [-0.39, 0.29) is 5.91 Å². The Morgan fingerprint density at radius 1 is 1.53 bits per heavy atom. The van der Waals surface area contributed by atoms with Crippen molar-refractivity contribution in [2.24, 2.45) is 5.73 Å². The number of hydrogen-bond donors (Lipinski definition) is 2. The van der Waals surface area contributed by atoms with E-state index in [0.717, 1.165) is 5.52 Å². The first-order valence-electron chi connectivity index (χ1n) is 5.14. The van der Waals surface area contributed by atoms with Gasteiger partial charge in [-0.25, -0.2) is 9.99 Å². The Morgan fingerprint density at radius 3 is 3.00 bits per heavy atom. The maximum absolute atomic E-state index is 11.7. The number of benzene rings is 1. The third-order valence-electron chi connectivity index (χ3n) is 2.33. The van der Waals surface area contributed by atoms with E-state index in [2.05, 4.69) is 10.4 Å². The van der Waals surface area contributed by atoms with Crippen LogP contribution in [0.25, 0.3) is 11.1 Å². The van der Waals surface area contributed by atoms with Crippen LogP contribution >= 0.6 is 0 Å². The highest BCUT2D eigenvalue weighted by molar-refractivity contribution is 5.84. The predicted octanol–water partition coefficient (Wildman–Crippen LogP) is 0.420. The Hall–Kier alpha value is -1.92. The first-order valence-corrected chi connectivity index (χ1v) is 5.14. The number of nitrogens with one attached hydrogen (secondary N) is 1. The number of hydrazine groups is 1. The Morgan fingerprint density at radius 2 is 2.29 bits per heavy atom. The van der Waals surface area contributed by atoms with Gasteiger partial charge < -0.3 is 10.2 Å². The monoisotopic (exact) mass is 234 g/mol. The van der Waals surface area contributed by atoms with Crippen LogP contribution in [0.4, 0.5) is 0 Å². The zero-order chi connectivity index (χ0) is 12.4. The lowest BCUT2D eigenvalue weighted by Gasteiger charge is -2.16. The summed E-state index contributed by atoms with van der Waals surface area (Å²) in [6.45, 7) is 0. The normalized spacial score (nSPS) is 12.9. The zero-order valence-electron chi connectivity index (χ0n) is 9.68. The van der Waals surface area contributed by atoms with Crippen molar-refractivity contribution in [3.8, 4) is 0 Å². The number of nitrogens with two attached hydrogens (primary N) is 1. The van der Waals surface area contributed by atoms with Crippen molar-refractivity contribution < 1.29 is 9.21 Å². The molecule has 0 aliphatic rings. The van der Waals surface area contributed by atoms with Crippen molar-refractivity contribution in [2.75, 3.05) is 14.1 Å². The van der Waals surface area contributed by atoms with E-state index in [0.29, 0.717) is 11.1 Å². The molecular formula is C11H14N4O2. The molecule has 0 aliphatic heterocycles. The molecule has 1 aromatic heterocycles. The highest BCUT2D eigenvalue weighted by atomic mass is 16.3. The van der Waals surface area contributed by atoms with Crippen LogP contribution in [0.15, 0.2) is 29.0 Å². The first kappa shape index (κ1) is 11.6. The average Bonchev–Trinajstić information content (AvgIpc) is 2.73. The minimum atomic E-state index is -0.730. The lowest BCUT2D eigenvalue weighted by molar-refractivity contribution is -0.126. The average molecular weight is 234 g/mol. The molecule has 1 atom stereocenters. The van der Waals surface area contributed by atoms with Crippen LogP contribution in [-0.2, 0) is 4.79 Å². The molecule has 90 valence electrons. The van der Waals surface area contributed by atoms with Crippen LogP contribution in [0.2, 0.25) is 0 Å². The third kappa shape index (κ3) is 2.43. The summed E-state index contributed by atoms with van der Waals surface area (Å²) >= 11 is 0. The molecule has 0 radical (unpaired) electrons. The largest absolute Gasteiger partial charge is 0.443 e. The maximum atomic E-state index is 11.7. The first-order chi connectivity index (χ1) is 8.08. The number of rotatable bonds is 3. The van der Waals surface area contributed by atoms with Crippen molar-refractivity contribution in [1.82, 2.24) is 15.4 Å². The maximum Gasteiger partial charge on any atom is 0.255 e. The van der Waals surface area contributed by atoms with E-state index < -0.39 is 6.04 Å². The van der Waals surface area contributed by atoms with Crippen molar-refractivity contribution in [3.05, 3.63) is 30.2 Å². The van der Waals surface area contributed by atoms with E-state index >= 15 is 0 Å². The second kappa shape index (κ2) is 4.52. The van der Waals surface area contributed by atoms with E-state index in [9.17, 15) is 4.79 Å². The summed E-state index contributed by atoms with van der Waals surface area (Å²) in [5.41, 5.74) is 10.5. The summed E-state index contributed by atoms with van der Waals surface area (Å²) in [6.07, 6.45) is 1.36. The van der Waals surface area contributed by atoms with Crippen LogP contribution in [0.3, 0.4) is 0 Å². The third-order valence-corrected chi connectivity index (χ3v) is 2.33. The standard InChI is InChI=1S/C11H14N4O2/c1-15(2)14-11(16)10(12)7-3-4-8-9(5-7)17-6-13-8/h3-6,10H,12H2,1-2H3,(H,14,16). The van der Waals surface area contributed by atoms with Crippen molar-refractivity contribution >= 4 is 17.0 Å². The quantitative estimate of drug-likeness (QED) is 0.752. The van der Waals surface area contributed by atoms with Gasteiger partial charge in [-0.3, -0.25) is 10.2 Å². The van der Waals surface area contributed by atoms with E-state index in [1.165, 1.54) is 6.39 Å². The van der Waals surface area contributed by atoms with Gasteiger partial charge in [0.1, 0.15) is 11.6 Å². The number of oxazole rings is 1. The zero-order valence-corrected chi connectivity index (χ0v) is 9.68. The van der Waals surface area contributed by atoms with E-state index in [1.54, 1.807) is 37.3 Å². The number of hydrogen-bond acceptors (Lipinski definition) is 5. The molecule has 17 heavy (non-hydrogen) atoms. The van der Waals surface area contributed by atoms with Gasteiger partial charge in [0.2, 0.25) is 0 Å². The van der Waals surface area contributed by atoms with E-state index in [4.69, 9.17) is 10.2 Å². The molecule has 1 heterocycles. The lowest BCUT2D eigenvalue weighted by Crippen LogP contribution is -2.41.